The van der Waals surface area contributed by atoms with Crippen LogP contribution >= 0.6 is 0 Å². The molecule has 0 bridgehead atoms. The number of benzene rings is 2. The summed E-state index contributed by atoms with van der Waals surface area (Å²) in [7, 11) is 3.38. The molecule has 3 aromatic rings. The lowest BCUT2D eigenvalue weighted by molar-refractivity contribution is 0.395. The second kappa shape index (κ2) is 9.16. The summed E-state index contributed by atoms with van der Waals surface area (Å²) in [6.45, 7) is 5.25. The molecule has 3 rings (SSSR count). The first-order valence-corrected chi connectivity index (χ1v) is 10.2. The number of H-pyrrole nitrogens is 1. The number of nitrogens with one attached hydrogen (secondary N) is 1. The molecule has 4 nitrogen and oxygen atoms in total. The van der Waals surface area contributed by atoms with Crippen molar-refractivity contribution < 1.29 is 9.47 Å². The summed E-state index contributed by atoms with van der Waals surface area (Å²) in [6.07, 6.45) is 4.20. The van der Waals surface area contributed by atoms with E-state index in [1.165, 1.54) is 22.0 Å². The van der Waals surface area contributed by atoms with Gasteiger partial charge in [-0.3, -0.25) is 0 Å². The van der Waals surface area contributed by atoms with Crippen LogP contribution in [0.4, 0.5) is 0 Å². The van der Waals surface area contributed by atoms with E-state index >= 15 is 0 Å². The lowest BCUT2D eigenvalue weighted by Crippen LogP contribution is -1.99. The van der Waals surface area contributed by atoms with Crippen LogP contribution in [-0.2, 0) is 6.42 Å². The zero-order valence-corrected chi connectivity index (χ0v) is 17.5. The largest absolute Gasteiger partial charge is 0.497 e. The first-order valence-electron chi connectivity index (χ1n) is 10.2. The Morgan fingerprint density at radius 1 is 1.07 bits per heavy atom. The second-order valence-electron chi connectivity index (χ2n) is 7.37. The highest BCUT2D eigenvalue weighted by Crippen LogP contribution is 2.40. The highest BCUT2D eigenvalue weighted by atomic mass is 16.5. The zero-order valence-electron chi connectivity index (χ0n) is 17.5. The van der Waals surface area contributed by atoms with E-state index in [0.29, 0.717) is 5.92 Å². The Bertz CT molecular complexity index is 930. The number of aromatic amines is 1. The van der Waals surface area contributed by atoms with Crippen molar-refractivity contribution in [1.82, 2.24) is 4.98 Å². The smallest absolute Gasteiger partial charge is 0.131 e. The van der Waals surface area contributed by atoms with Crippen LogP contribution in [0.1, 0.15) is 50.2 Å². The van der Waals surface area contributed by atoms with Gasteiger partial charge in [-0.25, -0.2) is 0 Å². The molecule has 150 valence electrons. The van der Waals surface area contributed by atoms with Crippen LogP contribution in [0.15, 0.2) is 36.4 Å². The molecule has 1 atom stereocenters. The van der Waals surface area contributed by atoms with E-state index in [2.05, 4.69) is 43.1 Å². The van der Waals surface area contributed by atoms with Crippen LogP contribution < -0.4 is 15.2 Å². The number of fused-ring (bicyclic) bond motifs is 1. The standard InChI is InChI=1S/C24H32N2O2/c1-5-16(2)18-10-8-11-20-19(9-6-7-14-25)24(26-23(18)20)21-13-12-17(27-3)15-22(21)28-4/h8,10-13,15-16,26H,5-7,9,14,25H2,1-4H3. The van der Waals surface area contributed by atoms with Gasteiger partial charge in [0.1, 0.15) is 11.5 Å². The summed E-state index contributed by atoms with van der Waals surface area (Å²) in [5.41, 5.74) is 11.9. The maximum Gasteiger partial charge on any atom is 0.131 e. The minimum atomic E-state index is 0.504. The fraction of sp³-hybridized carbons (Fsp3) is 0.417. The summed E-state index contributed by atoms with van der Waals surface area (Å²) >= 11 is 0. The van der Waals surface area contributed by atoms with Crippen molar-refractivity contribution in [3.8, 4) is 22.8 Å². The number of aromatic nitrogens is 1. The molecule has 28 heavy (non-hydrogen) atoms. The average Bonchev–Trinajstić information content (AvgIpc) is 3.11. The summed E-state index contributed by atoms with van der Waals surface area (Å²) in [5.74, 6) is 2.11. The van der Waals surface area contributed by atoms with E-state index in [9.17, 15) is 0 Å². The summed E-state index contributed by atoms with van der Waals surface area (Å²) < 4.78 is 11.1. The van der Waals surface area contributed by atoms with Crippen molar-refractivity contribution in [2.75, 3.05) is 20.8 Å². The number of hydrogen-bond donors (Lipinski definition) is 2. The third kappa shape index (κ3) is 3.88. The molecule has 0 amide bonds. The number of unbranched alkanes of at least 4 members (excludes halogenated alkanes) is 1. The summed E-state index contributed by atoms with van der Waals surface area (Å²) in [5, 5.41) is 1.31. The Kier molecular flexibility index (Phi) is 6.63. The van der Waals surface area contributed by atoms with E-state index < -0.39 is 0 Å². The van der Waals surface area contributed by atoms with E-state index in [1.54, 1.807) is 14.2 Å². The molecule has 0 saturated heterocycles. The van der Waals surface area contributed by atoms with Gasteiger partial charge in [0.15, 0.2) is 0 Å². The van der Waals surface area contributed by atoms with Gasteiger partial charge in [-0.1, -0.05) is 32.0 Å². The molecule has 0 spiro atoms. The lowest BCUT2D eigenvalue weighted by atomic mass is 9.94. The molecule has 0 aliphatic heterocycles. The van der Waals surface area contributed by atoms with Crippen LogP contribution in [0.25, 0.3) is 22.2 Å². The first kappa shape index (κ1) is 20.3. The quantitative estimate of drug-likeness (QED) is 0.472. The molecule has 1 heterocycles. The predicted octanol–water partition coefficient (Wildman–Crippen LogP) is 5.65. The van der Waals surface area contributed by atoms with Crippen molar-refractivity contribution in [3.63, 3.8) is 0 Å². The van der Waals surface area contributed by atoms with Crippen LogP contribution in [0, 0.1) is 0 Å². The number of nitrogens with two attached hydrogens (primary N) is 1. The van der Waals surface area contributed by atoms with Crippen molar-refractivity contribution >= 4 is 10.9 Å². The van der Waals surface area contributed by atoms with E-state index in [1.807, 2.05) is 12.1 Å². The molecule has 0 saturated carbocycles. The number of rotatable bonds is 9. The van der Waals surface area contributed by atoms with Crippen LogP contribution in [-0.4, -0.2) is 25.7 Å². The van der Waals surface area contributed by atoms with Crippen molar-refractivity contribution in [1.29, 1.82) is 0 Å². The lowest BCUT2D eigenvalue weighted by Gasteiger charge is -2.11. The highest BCUT2D eigenvalue weighted by molar-refractivity contribution is 5.94. The van der Waals surface area contributed by atoms with Gasteiger partial charge in [0.2, 0.25) is 0 Å². The van der Waals surface area contributed by atoms with Gasteiger partial charge in [0, 0.05) is 22.5 Å². The zero-order chi connectivity index (χ0) is 20.1. The van der Waals surface area contributed by atoms with Crippen molar-refractivity contribution in [3.05, 3.63) is 47.5 Å². The highest BCUT2D eigenvalue weighted by Gasteiger charge is 2.19. The third-order valence-corrected chi connectivity index (χ3v) is 5.68. The monoisotopic (exact) mass is 380 g/mol. The van der Waals surface area contributed by atoms with Gasteiger partial charge in [0.05, 0.1) is 19.9 Å². The Morgan fingerprint density at radius 2 is 1.89 bits per heavy atom. The fourth-order valence-corrected chi connectivity index (χ4v) is 3.87. The first-order chi connectivity index (χ1) is 13.6. The van der Waals surface area contributed by atoms with Gasteiger partial charge >= 0.3 is 0 Å². The number of para-hydroxylation sites is 1. The second-order valence-corrected chi connectivity index (χ2v) is 7.37. The number of hydrogen-bond acceptors (Lipinski definition) is 3. The van der Waals surface area contributed by atoms with Gasteiger partial charge in [-0.15, -0.1) is 0 Å². The van der Waals surface area contributed by atoms with Crippen LogP contribution in [0.5, 0.6) is 11.5 Å². The number of methoxy groups -OCH3 is 2. The minimum absolute atomic E-state index is 0.504. The van der Waals surface area contributed by atoms with E-state index in [0.717, 1.165) is 55.0 Å². The minimum Gasteiger partial charge on any atom is -0.497 e. The molecule has 1 aromatic heterocycles. The molecule has 0 radical (unpaired) electrons. The average molecular weight is 381 g/mol. The third-order valence-electron chi connectivity index (χ3n) is 5.68. The molecule has 0 aliphatic rings. The summed E-state index contributed by atoms with van der Waals surface area (Å²) in [6, 6.07) is 12.7. The van der Waals surface area contributed by atoms with Crippen LogP contribution in [0.3, 0.4) is 0 Å². The van der Waals surface area contributed by atoms with Gasteiger partial charge in [0.25, 0.3) is 0 Å². The topological polar surface area (TPSA) is 60.3 Å². The molecular formula is C24H32N2O2. The van der Waals surface area contributed by atoms with Gasteiger partial charge in [-0.2, -0.15) is 0 Å². The van der Waals surface area contributed by atoms with Gasteiger partial charge in [-0.05, 0) is 61.4 Å². The Balaban J connectivity index is 2.21. The van der Waals surface area contributed by atoms with E-state index in [4.69, 9.17) is 15.2 Å². The molecule has 2 aromatic carbocycles. The normalized spacial score (nSPS) is 12.3. The molecule has 1 unspecified atom stereocenters. The SMILES string of the molecule is CCC(C)c1cccc2c(CCCCN)c(-c3ccc(OC)cc3OC)[nH]c12. The summed E-state index contributed by atoms with van der Waals surface area (Å²) in [4.78, 5) is 3.75. The van der Waals surface area contributed by atoms with Crippen LogP contribution in [0.2, 0.25) is 0 Å². The Hall–Kier alpha value is -2.46. The molecular weight excluding hydrogens is 348 g/mol. The number of aryl methyl sites for hydroxylation is 1. The Labute approximate surface area is 168 Å². The predicted molar refractivity (Wildman–Crippen MR) is 118 cm³/mol. The molecule has 3 N–H and O–H groups in total. The van der Waals surface area contributed by atoms with Crippen molar-refractivity contribution in [2.24, 2.45) is 5.73 Å². The maximum absolute atomic E-state index is 5.75. The van der Waals surface area contributed by atoms with Crippen molar-refractivity contribution in [2.45, 2.75) is 45.4 Å². The molecule has 0 fully saturated rings. The maximum atomic E-state index is 5.75. The van der Waals surface area contributed by atoms with E-state index in [-0.39, 0.29) is 0 Å². The molecule has 0 aliphatic carbocycles. The van der Waals surface area contributed by atoms with Gasteiger partial charge < -0.3 is 20.2 Å². The molecule has 4 heteroatoms. The fourth-order valence-electron chi connectivity index (χ4n) is 3.87. The number of ether oxygens (including phenoxy) is 2. The Morgan fingerprint density at radius 3 is 2.57 bits per heavy atom.